The van der Waals surface area contributed by atoms with Crippen molar-refractivity contribution < 1.29 is 13.9 Å². The summed E-state index contributed by atoms with van der Waals surface area (Å²) in [4.78, 5) is 25.1. The number of amides is 1. The topological polar surface area (TPSA) is 137 Å². The molecule has 0 aliphatic carbocycles. The van der Waals surface area contributed by atoms with E-state index in [1.165, 1.54) is 11.6 Å². The number of hydrogen-bond donors (Lipinski definition) is 2. The largest absolute Gasteiger partial charge is 0.494 e. The van der Waals surface area contributed by atoms with Crippen LogP contribution < -0.4 is 15.9 Å². The number of nitrogens with two attached hydrogens (primary N) is 1. The van der Waals surface area contributed by atoms with E-state index in [-0.39, 0.29) is 28.2 Å². The third-order valence-corrected chi connectivity index (χ3v) is 5.84. The first-order valence-electron chi connectivity index (χ1n) is 11.5. The van der Waals surface area contributed by atoms with Crippen LogP contribution in [-0.2, 0) is 6.42 Å². The summed E-state index contributed by atoms with van der Waals surface area (Å²) in [7, 11) is 0. The van der Waals surface area contributed by atoms with Gasteiger partial charge in [0, 0.05) is 22.8 Å². The maximum atomic E-state index is 12.8. The monoisotopic (exact) mass is 481 g/mol. The second-order valence-electron chi connectivity index (χ2n) is 8.26. The molecule has 0 unspecified atom stereocenters. The zero-order valence-electron chi connectivity index (χ0n) is 19.3. The number of rotatable bonds is 9. The highest BCUT2D eigenvalue weighted by Gasteiger charge is 2.18. The number of ether oxygens (including phenoxy) is 1. The van der Waals surface area contributed by atoms with Gasteiger partial charge in [0.25, 0.3) is 0 Å². The van der Waals surface area contributed by atoms with Crippen LogP contribution in [0.25, 0.3) is 33.7 Å². The van der Waals surface area contributed by atoms with Crippen molar-refractivity contribution in [1.29, 1.82) is 0 Å². The van der Waals surface area contributed by atoms with Crippen LogP contribution in [0.2, 0.25) is 0 Å². The van der Waals surface area contributed by atoms with Crippen molar-refractivity contribution >= 4 is 16.9 Å². The maximum Gasteiger partial charge on any atom is 0.249 e. The van der Waals surface area contributed by atoms with Gasteiger partial charge < -0.3 is 14.9 Å². The van der Waals surface area contributed by atoms with E-state index >= 15 is 0 Å². The minimum atomic E-state index is -0.604. The molecule has 0 saturated carbocycles. The third-order valence-electron chi connectivity index (χ3n) is 5.84. The number of para-hydroxylation sites is 1. The van der Waals surface area contributed by atoms with Crippen LogP contribution >= 0.6 is 0 Å². The molecule has 36 heavy (non-hydrogen) atoms. The van der Waals surface area contributed by atoms with Crippen molar-refractivity contribution in [1.82, 2.24) is 20.6 Å². The average molecular weight is 482 g/mol. The summed E-state index contributed by atoms with van der Waals surface area (Å²) < 4.78 is 12.0. The number of tetrazole rings is 1. The van der Waals surface area contributed by atoms with Gasteiger partial charge in [-0.05, 0) is 54.3 Å². The fourth-order valence-electron chi connectivity index (χ4n) is 4.08. The molecule has 0 aliphatic heterocycles. The second-order valence-corrected chi connectivity index (χ2v) is 8.26. The molecule has 0 radical (unpaired) electrons. The molecule has 9 nitrogen and oxygen atoms in total. The van der Waals surface area contributed by atoms with Crippen molar-refractivity contribution in [3.63, 3.8) is 0 Å². The number of hydrogen-bond acceptors (Lipinski definition) is 7. The number of carbonyl (C=O) groups is 1. The number of H-pyrrole nitrogens is 1. The highest BCUT2D eigenvalue weighted by molar-refractivity contribution is 6.04. The molecule has 180 valence electrons. The number of fused-ring (bicyclic) bond motifs is 1. The Morgan fingerprint density at radius 1 is 0.972 bits per heavy atom. The van der Waals surface area contributed by atoms with E-state index in [9.17, 15) is 9.59 Å². The number of carbonyl (C=O) groups excluding carboxylic acids is 1. The number of benzene rings is 3. The van der Waals surface area contributed by atoms with Gasteiger partial charge in [-0.2, -0.15) is 5.21 Å². The SMILES string of the molecule is NC(=O)c1ccc(OCCCCc2ccccc2)cc1-c1cccc2c(=O)cc(-c3nn[nH]n3)oc12. The van der Waals surface area contributed by atoms with Crippen LogP contribution in [0.15, 0.2) is 82.0 Å². The number of unbranched alkanes of at least 4 members (excludes halogenated alkanes) is 1. The Morgan fingerprint density at radius 3 is 2.61 bits per heavy atom. The molecule has 2 aromatic heterocycles. The molecule has 0 fully saturated rings. The number of aromatic nitrogens is 4. The third kappa shape index (κ3) is 4.85. The summed E-state index contributed by atoms with van der Waals surface area (Å²) in [6.45, 7) is 0.523. The minimum absolute atomic E-state index is 0.145. The van der Waals surface area contributed by atoms with E-state index in [2.05, 4.69) is 32.8 Å². The normalized spacial score (nSPS) is 11.0. The van der Waals surface area contributed by atoms with Crippen LogP contribution in [0.1, 0.15) is 28.8 Å². The Hall–Kier alpha value is -4.79. The van der Waals surface area contributed by atoms with Gasteiger partial charge in [-0.1, -0.05) is 42.5 Å². The first kappa shape index (κ1) is 23.0. The number of aromatic amines is 1. The predicted octanol–water partition coefficient (Wildman–Crippen LogP) is 4.14. The second kappa shape index (κ2) is 10.2. The maximum absolute atomic E-state index is 12.8. The molecule has 2 heterocycles. The molecule has 3 N–H and O–H groups in total. The van der Waals surface area contributed by atoms with E-state index in [1.807, 2.05) is 18.2 Å². The molecule has 5 rings (SSSR count). The summed E-state index contributed by atoms with van der Waals surface area (Å²) in [6.07, 6.45) is 2.84. The molecular weight excluding hydrogens is 458 g/mol. The standard InChI is InChI=1S/C27H23N5O4/c28-26(34)20-13-12-18(35-14-5-4-9-17-7-2-1-3-8-17)15-22(20)19-10-6-11-21-23(33)16-24(36-25(19)21)27-29-31-32-30-27/h1-3,6-8,10-13,15-16H,4-5,9,14H2,(H2,28,34)(H,29,30,31,32). The first-order chi connectivity index (χ1) is 17.6. The van der Waals surface area contributed by atoms with E-state index < -0.39 is 5.91 Å². The molecule has 1 amide bonds. The number of primary amides is 1. The zero-order chi connectivity index (χ0) is 24.9. The van der Waals surface area contributed by atoms with Gasteiger partial charge in [0.05, 0.1) is 12.0 Å². The van der Waals surface area contributed by atoms with Crippen molar-refractivity contribution in [2.24, 2.45) is 5.73 Å². The Morgan fingerprint density at radius 2 is 1.83 bits per heavy atom. The summed E-state index contributed by atoms with van der Waals surface area (Å²) >= 11 is 0. The minimum Gasteiger partial charge on any atom is -0.494 e. The molecular formula is C27H23N5O4. The molecule has 0 atom stereocenters. The lowest BCUT2D eigenvalue weighted by molar-refractivity contribution is 0.100. The van der Waals surface area contributed by atoms with E-state index in [4.69, 9.17) is 14.9 Å². The van der Waals surface area contributed by atoms with Gasteiger partial charge in [0.2, 0.25) is 11.7 Å². The Balaban J connectivity index is 1.44. The van der Waals surface area contributed by atoms with Gasteiger partial charge in [-0.25, -0.2) is 0 Å². The van der Waals surface area contributed by atoms with Gasteiger partial charge in [0.15, 0.2) is 11.2 Å². The highest BCUT2D eigenvalue weighted by Crippen LogP contribution is 2.34. The van der Waals surface area contributed by atoms with Gasteiger partial charge >= 0.3 is 0 Å². The van der Waals surface area contributed by atoms with E-state index in [1.54, 1.807) is 36.4 Å². The highest BCUT2D eigenvalue weighted by atomic mass is 16.5. The summed E-state index contributed by atoms with van der Waals surface area (Å²) in [6, 6.07) is 21.8. The van der Waals surface area contributed by atoms with Crippen molar-refractivity contribution in [3.8, 4) is 28.5 Å². The van der Waals surface area contributed by atoms with Gasteiger partial charge in [-0.15, -0.1) is 10.2 Å². The van der Waals surface area contributed by atoms with Crippen molar-refractivity contribution in [3.05, 3.63) is 94.1 Å². The predicted molar refractivity (Wildman–Crippen MR) is 134 cm³/mol. The molecule has 0 spiro atoms. The molecule has 0 bridgehead atoms. The lowest BCUT2D eigenvalue weighted by Crippen LogP contribution is -2.13. The van der Waals surface area contributed by atoms with Gasteiger partial charge in [-0.3, -0.25) is 9.59 Å². The molecule has 3 aromatic carbocycles. The fraction of sp³-hybridized carbons (Fsp3) is 0.148. The lowest BCUT2D eigenvalue weighted by atomic mass is 9.97. The van der Waals surface area contributed by atoms with Crippen LogP contribution in [0.4, 0.5) is 0 Å². The van der Waals surface area contributed by atoms with Crippen LogP contribution in [-0.4, -0.2) is 33.1 Å². The molecule has 5 aromatic rings. The number of nitrogens with one attached hydrogen (secondary N) is 1. The van der Waals surface area contributed by atoms with Crippen LogP contribution in [0.3, 0.4) is 0 Å². The van der Waals surface area contributed by atoms with Crippen molar-refractivity contribution in [2.45, 2.75) is 19.3 Å². The van der Waals surface area contributed by atoms with Crippen LogP contribution in [0.5, 0.6) is 5.75 Å². The molecule has 9 heteroatoms. The van der Waals surface area contributed by atoms with Crippen molar-refractivity contribution in [2.75, 3.05) is 6.61 Å². The smallest absolute Gasteiger partial charge is 0.249 e. The Kier molecular flexibility index (Phi) is 6.53. The average Bonchev–Trinajstić information content (AvgIpc) is 3.44. The van der Waals surface area contributed by atoms with E-state index in [0.717, 1.165) is 19.3 Å². The summed E-state index contributed by atoms with van der Waals surface area (Å²) in [5.41, 5.74) is 8.29. The quantitative estimate of drug-likeness (QED) is 0.302. The summed E-state index contributed by atoms with van der Waals surface area (Å²) in [5.74, 6) is 0.281. The lowest BCUT2D eigenvalue weighted by Gasteiger charge is -2.13. The number of nitrogens with zero attached hydrogens (tertiary/aromatic N) is 3. The zero-order valence-corrected chi connectivity index (χ0v) is 19.3. The van der Waals surface area contributed by atoms with Crippen LogP contribution in [0, 0.1) is 0 Å². The molecule has 0 aliphatic rings. The first-order valence-corrected chi connectivity index (χ1v) is 11.5. The number of aryl methyl sites for hydroxylation is 1. The Bertz CT molecular complexity index is 1560. The Labute approximate surface area is 205 Å². The summed E-state index contributed by atoms with van der Waals surface area (Å²) in [5, 5.41) is 14.0. The molecule has 0 saturated heterocycles. The van der Waals surface area contributed by atoms with E-state index in [0.29, 0.717) is 28.9 Å². The van der Waals surface area contributed by atoms with Gasteiger partial charge in [0.1, 0.15) is 11.3 Å². The fourth-order valence-corrected chi connectivity index (χ4v) is 4.08.